The van der Waals surface area contributed by atoms with Crippen LogP contribution in [0.15, 0.2) is 24.3 Å². The topological polar surface area (TPSA) is 63.4 Å². The fraction of sp³-hybridized carbons (Fsp3) is 0.462. The molecule has 0 radical (unpaired) electrons. The van der Waals surface area contributed by atoms with Gasteiger partial charge in [-0.2, -0.15) is 0 Å². The number of non-ortho nitro benzene ring substituents is 1. The van der Waals surface area contributed by atoms with Crippen molar-refractivity contribution >= 4 is 23.2 Å². The Morgan fingerprint density at radius 3 is 2.79 bits per heavy atom. The first kappa shape index (κ1) is 15.4. The number of hydrogen-bond donors (Lipinski definition) is 0. The van der Waals surface area contributed by atoms with Crippen molar-refractivity contribution in [3.63, 3.8) is 0 Å². The van der Waals surface area contributed by atoms with Crippen LogP contribution in [0.1, 0.15) is 24.8 Å². The van der Waals surface area contributed by atoms with Crippen molar-refractivity contribution < 1.29 is 9.72 Å². The summed E-state index contributed by atoms with van der Waals surface area (Å²) < 4.78 is 0. The smallest absolute Gasteiger partial charge is 0.269 e. The zero-order valence-corrected chi connectivity index (χ0v) is 11.6. The molecule has 1 aromatic rings. The number of nitro groups is 1. The van der Waals surface area contributed by atoms with Crippen molar-refractivity contribution in [2.24, 2.45) is 0 Å². The lowest BCUT2D eigenvalue weighted by molar-refractivity contribution is -0.384. The number of carbonyl (C=O) groups is 1. The van der Waals surface area contributed by atoms with Gasteiger partial charge in [0, 0.05) is 38.0 Å². The second-order valence-corrected chi connectivity index (χ2v) is 4.70. The number of halogens is 1. The summed E-state index contributed by atoms with van der Waals surface area (Å²) in [5, 5.41) is 10.7. The van der Waals surface area contributed by atoms with Gasteiger partial charge in [-0.25, -0.2) is 0 Å². The summed E-state index contributed by atoms with van der Waals surface area (Å²) in [4.78, 5) is 23.6. The molecule has 0 aromatic heterocycles. The van der Waals surface area contributed by atoms with E-state index in [1.807, 2.05) is 0 Å². The lowest BCUT2D eigenvalue weighted by Crippen LogP contribution is -2.25. The van der Waals surface area contributed by atoms with Crippen LogP contribution in [0.2, 0.25) is 0 Å². The maximum atomic E-state index is 11.8. The molecule has 0 aliphatic carbocycles. The SMILES string of the molecule is CN(Cc1cccc([N+](=O)[O-])c1)C(=O)CCCCCl. The normalized spacial score (nSPS) is 10.2. The van der Waals surface area contributed by atoms with Crippen LogP contribution in [0.3, 0.4) is 0 Å². The molecule has 5 nitrogen and oxygen atoms in total. The molecule has 0 unspecified atom stereocenters. The van der Waals surface area contributed by atoms with Crippen LogP contribution >= 0.6 is 11.6 Å². The van der Waals surface area contributed by atoms with Crippen LogP contribution in [0, 0.1) is 10.1 Å². The maximum Gasteiger partial charge on any atom is 0.269 e. The second kappa shape index (κ2) is 7.74. The van der Waals surface area contributed by atoms with E-state index in [2.05, 4.69) is 0 Å². The van der Waals surface area contributed by atoms with Crippen LogP contribution in [0.5, 0.6) is 0 Å². The van der Waals surface area contributed by atoms with E-state index >= 15 is 0 Å². The predicted molar refractivity (Wildman–Crippen MR) is 74.1 cm³/mol. The van der Waals surface area contributed by atoms with Gasteiger partial charge in [-0.3, -0.25) is 14.9 Å². The van der Waals surface area contributed by atoms with Crippen molar-refractivity contribution in [3.05, 3.63) is 39.9 Å². The Kier molecular flexibility index (Phi) is 6.29. The van der Waals surface area contributed by atoms with E-state index in [0.717, 1.165) is 18.4 Å². The van der Waals surface area contributed by atoms with Gasteiger partial charge in [0.05, 0.1) is 4.92 Å². The summed E-state index contributed by atoms with van der Waals surface area (Å²) in [6, 6.07) is 6.32. The van der Waals surface area contributed by atoms with E-state index in [9.17, 15) is 14.9 Å². The minimum absolute atomic E-state index is 0.0247. The number of rotatable bonds is 7. The largest absolute Gasteiger partial charge is 0.341 e. The second-order valence-electron chi connectivity index (χ2n) is 4.32. The zero-order valence-electron chi connectivity index (χ0n) is 10.8. The molecule has 0 fully saturated rings. The molecular weight excluding hydrogens is 268 g/mol. The molecule has 104 valence electrons. The van der Waals surface area contributed by atoms with Crippen molar-refractivity contribution in [3.8, 4) is 0 Å². The van der Waals surface area contributed by atoms with E-state index in [0.29, 0.717) is 18.8 Å². The van der Waals surface area contributed by atoms with Crippen LogP contribution in [-0.4, -0.2) is 28.7 Å². The van der Waals surface area contributed by atoms with E-state index < -0.39 is 4.92 Å². The highest BCUT2D eigenvalue weighted by atomic mass is 35.5. The molecule has 0 spiro atoms. The van der Waals surface area contributed by atoms with Crippen LogP contribution in [0.25, 0.3) is 0 Å². The summed E-state index contributed by atoms with van der Waals surface area (Å²) in [7, 11) is 1.70. The molecule has 0 saturated heterocycles. The number of carbonyl (C=O) groups excluding carboxylic acids is 1. The Morgan fingerprint density at radius 2 is 2.16 bits per heavy atom. The molecule has 1 aromatic carbocycles. The van der Waals surface area contributed by atoms with Crippen LogP contribution in [-0.2, 0) is 11.3 Å². The highest BCUT2D eigenvalue weighted by molar-refractivity contribution is 6.17. The number of nitro benzene ring substituents is 1. The van der Waals surface area contributed by atoms with Gasteiger partial charge in [-0.1, -0.05) is 12.1 Å². The lowest BCUT2D eigenvalue weighted by atomic mass is 10.2. The molecule has 0 aliphatic rings. The molecule has 0 atom stereocenters. The van der Waals surface area contributed by atoms with Gasteiger partial charge in [0.1, 0.15) is 0 Å². The number of nitrogens with zero attached hydrogens (tertiary/aromatic N) is 2. The molecule has 1 amide bonds. The number of alkyl halides is 1. The van der Waals surface area contributed by atoms with Crippen molar-refractivity contribution in [1.82, 2.24) is 4.90 Å². The number of benzene rings is 1. The maximum absolute atomic E-state index is 11.8. The molecule has 19 heavy (non-hydrogen) atoms. The van der Waals surface area contributed by atoms with Crippen LogP contribution < -0.4 is 0 Å². The third-order valence-corrected chi connectivity index (χ3v) is 3.01. The minimum Gasteiger partial charge on any atom is -0.341 e. The van der Waals surface area contributed by atoms with Crippen LogP contribution in [0.4, 0.5) is 5.69 Å². The first-order valence-electron chi connectivity index (χ1n) is 6.08. The average Bonchev–Trinajstić information content (AvgIpc) is 2.39. The van der Waals surface area contributed by atoms with Crippen molar-refractivity contribution in [1.29, 1.82) is 0 Å². The Hall–Kier alpha value is -1.62. The van der Waals surface area contributed by atoms with Gasteiger partial charge in [-0.05, 0) is 18.4 Å². The molecule has 6 heteroatoms. The summed E-state index contributed by atoms with van der Waals surface area (Å²) >= 11 is 5.55. The van der Waals surface area contributed by atoms with E-state index in [4.69, 9.17) is 11.6 Å². The third-order valence-electron chi connectivity index (χ3n) is 2.74. The molecular formula is C13H17ClN2O3. The van der Waals surface area contributed by atoms with E-state index in [-0.39, 0.29) is 11.6 Å². The minimum atomic E-state index is -0.439. The molecule has 0 aliphatic heterocycles. The summed E-state index contributed by atoms with van der Waals surface area (Å²) in [6.45, 7) is 0.376. The zero-order chi connectivity index (χ0) is 14.3. The first-order valence-corrected chi connectivity index (χ1v) is 6.61. The number of hydrogen-bond acceptors (Lipinski definition) is 3. The van der Waals surface area contributed by atoms with Gasteiger partial charge in [0.15, 0.2) is 0 Å². The Morgan fingerprint density at radius 1 is 1.42 bits per heavy atom. The summed E-state index contributed by atoms with van der Waals surface area (Å²) in [5.74, 6) is 0.582. The fourth-order valence-corrected chi connectivity index (χ4v) is 1.88. The first-order chi connectivity index (χ1) is 9.04. The molecule has 1 rings (SSSR count). The molecule has 0 heterocycles. The molecule has 0 bridgehead atoms. The van der Waals surface area contributed by atoms with Gasteiger partial charge in [-0.15, -0.1) is 11.6 Å². The van der Waals surface area contributed by atoms with Gasteiger partial charge in [0.2, 0.25) is 5.91 Å². The van der Waals surface area contributed by atoms with Gasteiger partial charge in [0.25, 0.3) is 5.69 Å². The van der Waals surface area contributed by atoms with Crippen molar-refractivity contribution in [2.75, 3.05) is 12.9 Å². The predicted octanol–water partition coefficient (Wildman–Crippen LogP) is 2.96. The summed E-state index contributed by atoms with van der Waals surface area (Å²) in [6.07, 6.45) is 2.04. The fourth-order valence-electron chi connectivity index (χ4n) is 1.69. The standard InChI is InChI=1S/C13H17ClN2O3/c1-15(13(17)7-2-3-8-14)10-11-5-4-6-12(9-11)16(18)19/h4-6,9H,2-3,7-8,10H2,1H3. The van der Waals surface area contributed by atoms with E-state index in [1.54, 1.807) is 24.1 Å². The quantitative estimate of drug-likeness (QED) is 0.335. The number of amides is 1. The molecule has 0 N–H and O–H groups in total. The average molecular weight is 285 g/mol. The van der Waals surface area contributed by atoms with Gasteiger partial charge < -0.3 is 4.90 Å². The lowest BCUT2D eigenvalue weighted by Gasteiger charge is -2.17. The number of unbranched alkanes of at least 4 members (excludes halogenated alkanes) is 1. The Bertz CT molecular complexity index is 451. The van der Waals surface area contributed by atoms with Crippen molar-refractivity contribution in [2.45, 2.75) is 25.8 Å². The molecule has 0 saturated carbocycles. The van der Waals surface area contributed by atoms with Gasteiger partial charge >= 0.3 is 0 Å². The highest BCUT2D eigenvalue weighted by Gasteiger charge is 2.11. The Balaban J connectivity index is 2.56. The highest BCUT2D eigenvalue weighted by Crippen LogP contribution is 2.14. The Labute approximate surface area is 117 Å². The third kappa shape index (κ3) is 5.26. The summed E-state index contributed by atoms with van der Waals surface area (Å²) in [5.41, 5.74) is 0.794. The van der Waals surface area contributed by atoms with E-state index in [1.165, 1.54) is 12.1 Å². The monoisotopic (exact) mass is 284 g/mol.